The molecule has 4 rings (SSSR count). The van der Waals surface area contributed by atoms with E-state index in [-0.39, 0.29) is 0 Å². The van der Waals surface area contributed by atoms with E-state index in [1.54, 1.807) is 13.2 Å². The van der Waals surface area contributed by atoms with E-state index in [1.165, 1.54) is 11.3 Å². The molecular weight excluding hydrogens is 396 g/mol. The van der Waals surface area contributed by atoms with Gasteiger partial charge in [0.1, 0.15) is 5.75 Å². The second-order valence-electron chi connectivity index (χ2n) is 7.64. The van der Waals surface area contributed by atoms with Crippen LogP contribution in [0.4, 0.5) is 5.69 Å². The van der Waals surface area contributed by atoms with E-state index >= 15 is 0 Å². The second-order valence-corrected chi connectivity index (χ2v) is 7.64. The molecule has 32 heavy (non-hydrogen) atoms. The largest absolute Gasteiger partial charge is 0.497 e. The van der Waals surface area contributed by atoms with Crippen molar-refractivity contribution in [2.75, 3.05) is 12.4 Å². The summed E-state index contributed by atoms with van der Waals surface area (Å²) in [4.78, 5) is 11.8. The minimum absolute atomic E-state index is 0.818. The Labute approximate surface area is 189 Å². The number of methoxy groups -OCH3 is 1. The van der Waals surface area contributed by atoms with Crippen LogP contribution in [-0.2, 0) is 6.42 Å². The van der Waals surface area contributed by atoms with Crippen LogP contribution in [0.5, 0.6) is 5.75 Å². The van der Waals surface area contributed by atoms with Crippen LogP contribution >= 0.6 is 0 Å². The highest BCUT2D eigenvalue weighted by Gasteiger charge is 2.19. The predicted octanol–water partition coefficient (Wildman–Crippen LogP) is 6.35. The number of nitrogens with zero attached hydrogens (tertiary/aromatic N) is 1. The third-order valence-electron chi connectivity index (χ3n) is 5.52. The van der Waals surface area contributed by atoms with Crippen LogP contribution in [0, 0.1) is 6.92 Å². The molecule has 3 N–H and O–H groups in total. The fraction of sp³-hybridized carbons (Fsp3) is 0.148. The van der Waals surface area contributed by atoms with Crippen molar-refractivity contribution in [1.29, 1.82) is 0 Å². The standard InChI is InChI=1S/C27H28N4O/c1-6-18-14-24(30-22(18)8-3)27-16-25(29-20-9-11-21(32-5)12-10-20)26(31-27)15-23-17(4)13-19(7-2)28-23/h6,8-16,28-30H,1,3,7H2,2,4-5H3/b26-15-. The number of hydrogen-bond acceptors (Lipinski definition) is 3. The molecule has 1 aliphatic rings. The third-order valence-corrected chi connectivity index (χ3v) is 5.52. The molecular formula is C27H28N4O. The van der Waals surface area contributed by atoms with Gasteiger partial charge in [0, 0.05) is 22.8 Å². The molecule has 0 unspecified atom stereocenters. The van der Waals surface area contributed by atoms with Gasteiger partial charge >= 0.3 is 0 Å². The van der Waals surface area contributed by atoms with Crippen molar-refractivity contribution in [3.8, 4) is 5.75 Å². The summed E-state index contributed by atoms with van der Waals surface area (Å²) in [6.45, 7) is 12.0. The molecule has 1 aromatic carbocycles. The molecule has 0 aliphatic carbocycles. The Morgan fingerprint density at radius 3 is 2.44 bits per heavy atom. The molecule has 0 saturated carbocycles. The summed E-state index contributed by atoms with van der Waals surface area (Å²) < 4.78 is 5.27. The van der Waals surface area contributed by atoms with Gasteiger partial charge in [-0.2, -0.15) is 0 Å². The lowest BCUT2D eigenvalue weighted by Gasteiger charge is -2.09. The second kappa shape index (κ2) is 9.02. The number of aliphatic imine (C=N–C) groups is 1. The van der Waals surface area contributed by atoms with E-state index in [1.807, 2.05) is 36.4 Å². The summed E-state index contributed by atoms with van der Waals surface area (Å²) >= 11 is 0. The number of H-pyrrole nitrogens is 2. The smallest absolute Gasteiger partial charge is 0.119 e. The SMILES string of the molecule is C=Cc1cc(C2=N/C(=C\c3[nH]c(CC)cc3C)C(Nc3ccc(OC)cc3)=C2)[nH]c1C=C. The average Bonchev–Trinajstić information content (AvgIpc) is 3.51. The van der Waals surface area contributed by atoms with Gasteiger partial charge in [0.25, 0.3) is 0 Å². The molecule has 1 aliphatic heterocycles. The van der Waals surface area contributed by atoms with Crippen molar-refractivity contribution in [2.24, 2.45) is 4.99 Å². The summed E-state index contributed by atoms with van der Waals surface area (Å²) in [5.41, 5.74) is 9.92. The summed E-state index contributed by atoms with van der Waals surface area (Å²) in [7, 11) is 1.66. The molecule has 162 valence electrons. The van der Waals surface area contributed by atoms with E-state index < -0.39 is 0 Å². The van der Waals surface area contributed by atoms with Crippen molar-refractivity contribution in [3.63, 3.8) is 0 Å². The number of ether oxygens (including phenoxy) is 1. The third kappa shape index (κ3) is 4.23. The zero-order valence-electron chi connectivity index (χ0n) is 18.8. The Bertz CT molecular complexity index is 1220. The van der Waals surface area contributed by atoms with Crippen molar-refractivity contribution in [2.45, 2.75) is 20.3 Å². The summed E-state index contributed by atoms with van der Waals surface area (Å²) in [5, 5.41) is 3.51. The number of aromatic amines is 2. The number of allylic oxidation sites excluding steroid dienone is 1. The molecule has 5 nitrogen and oxygen atoms in total. The number of aryl methyl sites for hydroxylation is 2. The van der Waals surface area contributed by atoms with Crippen LogP contribution in [0.1, 0.15) is 40.8 Å². The normalized spacial score (nSPS) is 14.3. The van der Waals surface area contributed by atoms with Crippen LogP contribution in [-0.4, -0.2) is 22.8 Å². The first-order valence-electron chi connectivity index (χ1n) is 10.6. The number of rotatable bonds is 8. The monoisotopic (exact) mass is 424 g/mol. The summed E-state index contributed by atoms with van der Waals surface area (Å²) in [6, 6.07) is 12.1. The fourth-order valence-corrected chi connectivity index (χ4v) is 3.70. The van der Waals surface area contributed by atoms with Gasteiger partial charge < -0.3 is 20.0 Å². The van der Waals surface area contributed by atoms with E-state index in [9.17, 15) is 0 Å². The maximum absolute atomic E-state index is 5.27. The fourth-order valence-electron chi connectivity index (χ4n) is 3.70. The molecule has 0 bridgehead atoms. The Hall–Kier alpha value is -3.99. The van der Waals surface area contributed by atoms with Gasteiger partial charge in [-0.05, 0) is 79.1 Å². The molecule has 0 saturated heterocycles. The molecule has 2 aromatic heterocycles. The van der Waals surface area contributed by atoms with Gasteiger partial charge in [0.2, 0.25) is 0 Å². The maximum atomic E-state index is 5.27. The highest BCUT2D eigenvalue weighted by Crippen LogP contribution is 2.28. The minimum Gasteiger partial charge on any atom is -0.497 e. The zero-order chi connectivity index (χ0) is 22.7. The average molecular weight is 425 g/mol. The quantitative estimate of drug-likeness (QED) is 0.395. The number of anilines is 1. The lowest BCUT2D eigenvalue weighted by Crippen LogP contribution is -2.00. The van der Waals surface area contributed by atoms with Crippen molar-refractivity contribution in [1.82, 2.24) is 9.97 Å². The minimum atomic E-state index is 0.818. The topological polar surface area (TPSA) is 65.2 Å². The highest BCUT2D eigenvalue weighted by molar-refractivity contribution is 6.12. The van der Waals surface area contributed by atoms with Crippen LogP contribution in [0.2, 0.25) is 0 Å². The Morgan fingerprint density at radius 2 is 1.84 bits per heavy atom. The molecule has 3 heterocycles. The van der Waals surface area contributed by atoms with Crippen LogP contribution in [0.25, 0.3) is 18.2 Å². The molecule has 0 fully saturated rings. The first kappa shape index (κ1) is 21.2. The van der Waals surface area contributed by atoms with Gasteiger partial charge in [-0.15, -0.1) is 0 Å². The Kier molecular flexibility index (Phi) is 5.99. The van der Waals surface area contributed by atoms with Crippen molar-refractivity contribution >= 4 is 29.6 Å². The number of benzene rings is 1. The van der Waals surface area contributed by atoms with Gasteiger partial charge in [-0.25, -0.2) is 4.99 Å². The van der Waals surface area contributed by atoms with E-state index in [0.717, 1.165) is 57.6 Å². The lowest BCUT2D eigenvalue weighted by molar-refractivity contribution is 0.415. The number of aromatic nitrogens is 2. The Balaban J connectivity index is 1.74. The van der Waals surface area contributed by atoms with Crippen LogP contribution in [0.15, 0.2) is 72.0 Å². The van der Waals surface area contributed by atoms with Crippen LogP contribution in [0.3, 0.4) is 0 Å². The Morgan fingerprint density at radius 1 is 1.06 bits per heavy atom. The van der Waals surface area contributed by atoms with E-state index in [0.29, 0.717) is 0 Å². The van der Waals surface area contributed by atoms with Gasteiger partial charge in [-0.3, -0.25) is 0 Å². The highest BCUT2D eigenvalue weighted by atomic mass is 16.5. The summed E-state index contributed by atoms with van der Waals surface area (Å²) in [6.07, 6.45) is 8.72. The zero-order valence-corrected chi connectivity index (χ0v) is 18.8. The summed E-state index contributed by atoms with van der Waals surface area (Å²) in [5.74, 6) is 0.818. The molecule has 3 aromatic rings. The molecule has 0 radical (unpaired) electrons. The molecule has 5 heteroatoms. The first-order chi connectivity index (χ1) is 15.5. The molecule has 0 amide bonds. The van der Waals surface area contributed by atoms with E-state index in [2.05, 4.69) is 60.5 Å². The maximum Gasteiger partial charge on any atom is 0.119 e. The van der Waals surface area contributed by atoms with Gasteiger partial charge in [0.15, 0.2) is 0 Å². The molecule has 0 spiro atoms. The van der Waals surface area contributed by atoms with Crippen molar-refractivity contribution < 1.29 is 4.74 Å². The number of nitrogens with one attached hydrogen (secondary N) is 3. The first-order valence-corrected chi connectivity index (χ1v) is 10.6. The number of hydrogen-bond donors (Lipinski definition) is 3. The van der Waals surface area contributed by atoms with Crippen LogP contribution < -0.4 is 10.1 Å². The van der Waals surface area contributed by atoms with Gasteiger partial charge in [0.05, 0.1) is 29.9 Å². The van der Waals surface area contributed by atoms with Crippen molar-refractivity contribution in [3.05, 3.63) is 101 Å². The lowest BCUT2D eigenvalue weighted by atomic mass is 10.2. The van der Waals surface area contributed by atoms with E-state index in [4.69, 9.17) is 9.73 Å². The predicted molar refractivity (Wildman–Crippen MR) is 135 cm³/mol. The molecule has 0 atom stereocenters. The van der Waals surface area contributed by atoms with Gasteiger partial charge in [-0.1, -0.05) is 26.2 Å².